The number of amidine groups is 1. The quantitative estimate of drug-likeness (QED) is 0.646. The predicted molar refractivity (Wildman–Crippen MR) is 121 cm³/mol. The molecule has 4 rings (SSSR count). The first kappa shape index (κ1) is 23.2. The molecule has 2 amide bonds. The minimum Gasteiger partial charge on any atom is -0.465 e. The molecule has 0 unspecified atom stereocenters. The van der Waals surface area contributed by atoms with Crippen LogP contribution in [0.4, 0.5) is 10.5 Å². The summed E-state index contributed by atoms with van der Waals surface area (Å²) in [4.78, 5) is 40.4. The summed E-state index contributed by atoms with van der Waals surface area (Å²) in [7, 11) is -1.29. The third kappa shape index (κ3) is 4.31. The molecule has 2 aromatic carbocycles. The van der Waals surface area contributed by atoms with Crippen molar-refractivity contribution in [1.29, 1.82) is 0 Å². The van der Waals surface area contributed by atoms with Gasteiger partial charge < -0.3 is 24.6 Å². The van der Waals surface area contributed by atoms with E-state index in [-0.39, 0.29) is 34.8 Å². The van der Waals surface area contributed by atoms with Crippen LogP contribution in [0, 0.1) is 0 Å². The third-order valence-electron chi connectivity index (χ3n) is 5.57. The number of ether oxygens (including phenoxy) is 2. The number of fused-ring (bicyclic) bond motifs is 1. The van der Waals surface area contributed by atoms with Crippen LogP contribution in [-0.2, 0) is 19.5 Å². The summed E-state index contributed by atoms with van der Waals surface area (Å²) >= 11 is 0. The van der Waals surface area contributed by atoms with Gasteiger partial charge in [-0.05, 0) is 30.3 Å². The summed E-state index contributed by atoms with van der Waals surface area (Å²) in [6.07, 6.45) is 0. The Morgan fingerprint density at radius 1 is 0.941 bits per heavy atom. The van der Waals surface area contributed by atoms with Crippen molar-refractivity contribution in [2.24, 2.45) is 4.40 Å². The van der Waals surface area contributed by atoms with Crippen LogP contribution in [0.15, 0.2) is 51.8 Å². The van der Waals surface area contributed by atoms with Gasteiger partial charge in [-0.2, -0.15) is 8.42 Å². The molecule has 0 saturated carbocycles. The van der Waals surface area contributed by atoms with Crippen LogP contribution in [0.1, 0.15) is 26.3 Å². The van der Waals surface area contributed by atoms with Crippen molar-refractivity contribution < 1.29 is 32.3 Å². The number of methoxy groups -OCH3 is 2. The lowest BCUT2D eigenvalue weighted by Crippen LogP contribution is -2.51. The number of benzene rings is 2. The topological polar surface area (TPSA) is 135 Å². The zero-order valence-electron chi connectivity index (χ0n) is 18.5. The second-order valence-electron chi connectivity index (χ2n) is 7.53. The van der Waals surface area contributed by atoms with E-state index in [0.29, 0.717) is 24.5 Å². The van der Waals surface area contributed by atoms with Crippen molar-refractivity contribution >= 4 is 39.5 Å². The number of nitrogens with zero attached hydrogens (tertiary/aromatic N) is 3. The highest BCUT2D eigenvalue weighted by atomic mass is 32.2. The van der Waals surface area contributed by atoms with E-state index in [2.05, 4.69) is 9.71 Å². The summed E-state index contributed by atoms with van der Waals surface area (Å²) in [6, 6.07) is 10.3. The zero-order chi connectivity index (χ0) is 24.5. The van der Waals surface area contributed by atoms with E-state index >= 15 is 0 Å². The lowest BCUT2D eigenvalue weighted by molar-refractivity contribution is 0.0587. The Bertz CT molecular complexity index is 1300. The summed E-state index contributed by atoms with van der Waals surface area (Å²) in [5.74, 6) is -0.918. The van der Waals surface area contributed by atoms with E-state index in [0.717, 1.165) is 0 Å². The molecule has 34 heavy (non-hydrogen) atoms. The van der Waals surface area contributed by atoms with Gasteiger partial charge in [-0.25, -0.2) is 14.4 Å². The second-order valence-corrected chi connectivity index (χ2v) is 9.11. The molecule has 1 fully saturated rings. The molecule has 178 valence electrons. The van der Waals surface area contributed by atoms with Crippen LogP contribution >= 0.6 is 0 Å². The minimum atomic E-state index is -3.73. The van der Waals surface area contributed by atoms with Gasteiger partial charge in [0.1, 0.15) is 4.90 Å². The van der Waals surface area contributed by atoms with Crippen molar-refractivity contribution in [2.45, 2.75) is 4.90 Å². The third-order valence-corrected chi connectivity index (χ3v) is 6.89. The van der Waals surface area contributed by atoms with Crippen LogP contribution in [0.3, 0.4) is 0 Å². The highest BCUT2D eigenvalue weighted by Gasteiger charge is 2.33. The lowest BCUT2D eigenvalue weighted by Gasteiger charge is -2.35. The van der Waals surface area contributed by atoms with Crippen LogP contribution in [0.5, 0.6) is 0 Å². The molecule has 1 saturated heterocycles. The number of amides is 2. The van der Waals surface area contributed by atoms with Gasteiger partial charge in [-0.15, -0.1) is 4.40 Å². The number of urea groups is 1. The Labute approximate surface area is 196 Å². The Hall–Kier alpha value is -3.93. The van der Waals surface area contributed by atoms with Gasteiger partial charge in [0.15, 0.2) is 5.84 Å². The van der Waals surface area contributed by atoms with Crippen molar-refractivity contribution in [2.75, 3.05) is 45.7 Å². The average molecular weight is 487 g/mol. The SMILES string of the molecule is COC(=O)c1ccc(C(=O)OC)c(NC(=O)N2CCN(C3=NS(=O)(=O)c4ccccc43)CC2)c1. The Morgan fingerprint density at radius 3 is 2.29 bits per heavy atom. The van der Waals surface area contributed by atoms with Gasteiger partial charge in [0.25, 0.3) is 10.0 Å². The lowest BCUT2D eigenvalue weighted by atomic mass is 10.1. The second kappa shape index (κ2) is 9.14. The maximum absolute atomic E-state index is 12.9. The number of hydrogen-bond donors (Lipinski definition) is 1. The normalized spacial score (nSPS) is 16.4. The summed E-state index contributed by atoms with van der Waals surface area (Å²) in [6.45, 7) is 1.30. The summed E-state index contributed by atoms with van der Waals surface area (Å²) < 4.78 is 38.0. The van der Waals surface area contributed by atoms with Crippen LogP contribution in [-0.4, -0.2) is 82.4 Å². The van der Waals surface area contributed by atoms with Gasteiger partial charge in [-0.1, -0.05) is 12.1 Å². The monoisotopic (exact) mass is 486 g/mol. The van der Waals surface area contributed by atoms with Crippen LogP contribution < -0.4 is 5.32 Å². The van der Waals surface area contributed by atoms with E-state index in [1.54, 1.807) is 18.2 Å². The van der Waals surface area contributed by atoms with Crippen LogP contribution in [0.25, 0.3) is 0 Å². The molecule has 2 aliphatic heterocycles. The van der Waals surface area contributed by atoms with E-state index < -0.39 is 28.0 Å². The first-order valence-electron chi connectivity index (χ1n) is 10.3. The zero-order valence-corrected chi connectivity index (χ0v) is 19.3. The number of anilines is 1. The predicted octanol–water partition coefficient (Wildman–Crippen LogP) is 1.56. The first-order valence-corrected chi connectivity index (χ1v) is 11.7. The first-order chi connectivity index (χ1) is 16.2. The average Bonchev–Trinajstić information content (AvgIpc) is 3.14. The number of nitrogens with one attached hydrogen (secondary N) is 1. The fourth-order valence-electron chi connectivity index (χ4n) is 3.81. The van der Waals surface area contributed by atoms with E-state index in [4.69, 9.17) is 9.47 Å². The number of sulfonamides is 1. The van der Waals surface area contributed by atoms with E-state index in [9.17, 15) is 22.8 Å². The van der Waals surface area contributed by atoms with Crippen molar-refractivity contribution in [3.63, 3.8) is 0 Å². The molecule has 2 heterocycles. The van der Waals surface area contributed by atoms with Crippen molar-refractivity contribution in [1.82, 2.24) is 9.80 Å². The maximum atomic E-state index is 12.9. The van der Waals surface area contributed by atoms with Crippen molar-refractivity contribution in [3.05, 3.63) is 59.2 Å². The molecule has 0 bridgehead atoms. The molecular weight excluding hydrogens is 464 g/mol. The smallest absolute Gasteiger partial charge is 0.339 e. The number of esters is 2. The molecule has 11 nitrogen and oxygen atoms in total. The summed E-state index contributed by atoms with van der Waals surface area (Å²) in [5, 5.41) is 2.66. The van der Waals surface area contributed by atoms with Gasteiger partial charge in [-0.3, -0.25) is 0 Å². The van der Waals surface area contributed by atoms with Gasteiger partial charge >= 0.3 is 18.0 Å². The number of piperazine rings is 1. The number of rotatable bonds is 3. The highest BCUT2D eigenvalue weighted by Crippen LogP contribution is 2.28. The molecule has 0 aromatic heterocycles. The fourth-order valence-corrected chi connectivity index (χ4v) is 5.04. The molecule has 0 atom stereocenters. The van der Waals surface area contributed by atoms with Gasteiger partial charge in [0, 0.05) is 31.7 Å². The standard InChI is InChI=1S/C22H22N4O7S/c1-32-20(27)14-7-8-15(21(28)33-2)17(13-14)23-22(29)26-11-9-25(10-12-26)19-16-5-3-4-6-18(16)34(30,31)24-19/h3-8,13H,9-12H2,1-2H3,(H,23,29). The molecule has 2 aromatic rings. The molecule has 1 N–H and O–H groups in total. The highest BCUT2D eigenvalue weighted by molar-refractivity contribution is 7.90. The largest absolute Gasteiger partial charge is 0.465 e. The molecule has 0 spiro atoms. The molecule has 2 aliphatic rings. The maximum Gasteiger partial charge on any atom is 0.339 e. The summed E-state index contributed by atoms with van der Waals surface area (Å²) in [5.41, 5.74) is 0.906. The van der Waals surface area contributed by atoms with Crippen LogP contribution in [0.2, 0.25) is 0 Å². The van der Waals surface area contributed by atoms with Crippen molar-refractivity contribution in [3.8, 4) is 0 Å². The van der Waals surface area contributed by atoms with E-state index in [1.165, 1.54) is 43.4 Å². The van der Waals surface area contributed by atoms with Gasteiger partial charge in [0.2, 0.25) is 0 Å². The number of hydrogen-bond acceptors (Lipinski definition) is 8. The minimum absolute atomic E-state index is 0.0873. The molecule has 0 aliphatic carbocycles. The molecule has 0 radical (unpaired) electrons. The molecular formula is C22H22N4O7S. The van der Waals surface area contributed by atoms with Gasteiger partial charge in [0.05, 0.1) is 31.0 Å². The Balaban J connectivity index is 1.48. The number of carbonyl (C=O) groups excluding carboxylic acids is 3. The van der Waals surface area contributed by atoms with E-state index in [1.807, 2.05) is 4.90 Å². The Kier molecular flexibility index (Phi) is 6.24. The fraction of sp³-hybridized carbons (Fsp3) is 0.273. The Morgan fingerprint density at radius 2 is 1.62 bits per heavy atom. The molecule has 12 heteroatoms. The number of carbonyl (C=O) groups is 3.